The van der Waals surface area contributed by atoms with Gasteiger partial charge in [0.15, 0.2) is 0 Å². The van der Waals surface area contributed by atoms with Crippen molar-refractivity contribution in [3.63, 3.8) is 0 Å². The van der Waals surface area contributed by atoms with Crippen LogP contribution in [0.1, 0.15) is 40.0 Å². The molecule has 2 aliphatic rings. The van der Waals surface area contributed by atoms with Crippen molar-refractivity contribution in [2.75, 3.05) is 26.7 Å². The van der Waals surface area contributed by atoms with Gasteiger partial charge in [-0.3, -0.25) is 24.2 Å². The molecule has 3 rings (SSSR count). The summed E-state index contributed by atoms with van der Waals surface area (Å²) >= 11 is 0. The number of hydrogen-bond acceptors (Lipinski definition) is 5. The zero-order valence-electron chi connectivity index (χ0n) is 13.2. The average Bonchev–Trinajstić information content (AvgIpc) is 3.13. The third-order valence-corrected chi connectivity index (χ3v) is 4.54. The van der Waals surface area contributed by atoms with Crippen molar-refractivity contribution in [2.24, 2.45) is 0 Å². The Balaban J connectivity index is 1.57. The van der Waals surface area contributed by atoms with E-state index in [9.17, 15) is 14.4 Å². The van der Waals surface area contributed by atoms with Gasteiger partial charge in [-0.25, -0.2) is 0 Å². The Morgan fingerprint density at radius 1 is 1.17 bits per heavy atom. The fourth-order valence-electron chi connectivity index (χ4n) is 3.37. The number of methoxy groups -OCH3 is 1. The summed E-state index contributed by atoms with van der Waals surface area (Å²) in [7, 11) is 1.40. The van der Waals surface area contributed by atoms with Gasteiger partial charge >= 0.3 is 5.97 Å². The molecule has 0 bridgehead atoms. The predicted molar refractivity (Wildman–Crippen MR) is 83.0 cm³/mol. The maximum absolute atomic E-state index is 12.3. The maximum Gasteiger partial charge on any atom is 0.323 e. The topological polar surface area (TPSA) is 66.9 Å². The van der Waals surface area contributed by atoms with Crippen molar-refractivity contribution >= 4 is 17.8 Å². The van der Waals surface area contributed by atoms with Crippen LogP contribution in [0.3, 0.4) is 0 Å². The quantitative estimate of drug-likeness (QED) is 0.605. The normalized spacial score (nSPS) is 20.9. The number of fused-ring (bicyclic) bond motifs is 1. The first-order valence-corrected chi connectivity index (χ1v) is 7.90. The minimum absolute atomic E-state index is 0.192. The van der Waals surface area contributed by atoms with Crippen molar-refractivity contribution in [3.05, 3.63) is 35.4 Å². The summed E-state index contributed by atoms with van der Waals surface area (Å²) in [6, 6.07) is 6.70. The molecule has 1 aromatic carbocycles. The van der Waals surface area contributed by atoms with E-state index in [0.29, 0.717) is 30.6 Å². The highest BCUT2D eigenvalue weighted by Gasteiger charge is 2.35. The summed E-state index contributed by atoms with van der Waals surface area (Å²) in [5.41, 5.74) is 0.956. The molecule has 1 saturated heterocycles. The second-order valence-corrected chi connectivity index (χ2v) is 5.88. The highest BCUT2D eigenvalue weighted by Crippen LogP contribution is 2.23. The lowest BCUT2D eigenvalue weighted by molar-refractivity contribution is -0.145. The number of esters is 1. The van der Waals surface area contributed by atoms with Crippen LogP contribution in [0.5, 0.6) is 0 Å². The van der Waals surface area contributed by atoms with Gasteiger partial charge in [-0.05, 0) is 37.9 Å². The van der Waals surface area contributed by atoms with Crippen molar-refractivity contribution in [1.82, 2.24) is 9.80 Å². The number of nitrogens with zero attached hydrogens (tertiary/aromatic N) is 2. The molecule has 2 heterocycles. The van der Waals surface area contributed by atoms with Gasteiger partial charge in [0.1, 0.15) is 6.04 Å². The molecular formula is C17H20N2O4. The van der Waals surface area contributed by atoms with E-state index in [2.05, 4.69) is 4.90 Å². The van der Waals surface area contributed by atoms with E-state index in [1.807, 2.05) is 0 Å². The Hall–Kier alpha value is -2.21. The highest BCUT2D eigenvalue weighted by atomic mass is 16.5. The molecule has 23 heavy (non-hydrogen) atoms. The van der Waals surface area contributed by atoms with Crippen LogP contribution in [0.15, 0.2) is 24.3 Å². The van der Waals surface area contributed by atoms with Crippen LogP contribution in [-0.2, 0) is 9.53 Å². The Kier molecular flexibility index (Phi) is 4.43. The maximum atomic E-state index is 12.3. The predicted octanol–water partition coefficient (Wildman–Crippen LogP) is 1.31. The molecule has 2 amide bonds. The Labute approximate surface area is 135 Å². The first kappa shape index (κ1) is 15.7. The van der Waals surface area contributed by atoms with E-state index in [4.69, 9.17) is 4.74 Å². The van der Waals surface area contributed by atoms with Gasteiger partial charge in [0.05, 0.1) is 18.2 Å². The molecule has 6 nitrogen and oxygen atoms in total. The number of likely N-dealkylation sites (tertiary alicyclic amines) is 1. The number of carbonyl (C=O) groups excluding carboxylic acids is 3. The smallest absolute Gasteiger partial charge is 0.323 e. The number of imide groups is 1. The fourth-order valence-corrected chi connectivity index (χ4v) is 3.37. The second kappa shape index (κ2) is 6.50. The molecule has 0 radical (unpaired) electrons. The van der Waals surface area contributed by atoms with Gasteiger partial charge < -0.3 is 4.74 Å². The van der Waals surface area contributed by atoms with Gasteiger partial charge in [0, 0.05) is 13.1 Å². The summed E-state index contributed by atoms with van der Waals surface area (Å²) in [6.45, 7) is 1.89. The molecule has 1 fully saturated rings. The number of hydrogen-bond donors (Lipinski definition) is 0. The molecule has 6 heteroatoms. The van der Waals surface area contributed by atoms with E-state index in [1.54, 1.807) is 24.3 Å². The van der Waals surface area contributed by atoms with Crippen LogP contribution in [0.25, 0.3) is 0 Å². The molecule has 0 aliphatic carbocycles. The van der Waals surface area contributed by atoms with Crippen LogP contribution in [0.4, 0.5) is 0 Å². The Bertz CT molecular complexity index is 608. The summed E-state index contributed by atoms with van der Waals surface area (Å²) in [6.07, 6.45) is 2.42. The zero-order valence-corrected chi connectivity index (χ0v) is 13.2. The number of rotatable bonds is 5. The zero-order chi connectivity index (χ0) is 16.4. The van der Waals surface area contributed by atoms with Crippen molar-refractivity contribution < 1.29 is 19.1 Å². The van der Waals surface area contributed by atoms with Crippen LogP contribution in [0, 0.1) is 0 Å². The van der Waals surface area contributed by atoms with Gasteiger partial charge in [0.25, 0.3) is 11.8 Å². The summed E-state index contributed by atoms with van der Waals surface area (Å²) in [5, 5.41) is 0. The van der Waals surface area contributed by atoms with E-state index < -0.39 is 0 Å². The van der Waals surface area contributed by atoms with Crippen LogP contribution in [0.2, 0.25) is 0 Å². The molecular weight excluding hydrogens is 296 g/mol. The van der Waals surface area contributed by atoms with E-state index >= 15 is 0 Å². The summed E-state index contributed by atoms with van der Waals surface area (Å²) in [4.78, 5) is 39.6. The highest BCUT2D eigenvalue weighted by molar-refractivity contribution is 6.21. The lowest BCUT2D eigenvalue weighted by Crippen LogP contribution is -2.39. The number of amides is 2. The van der Waals surface area contributed by atoms with E-state index in [1.165, 1.54) is 12.0 Å². The minimum Gasteiger partial charge on any atom is -0.468 e. The van der Waals surface area contributed by atoms with Crippen molar-refractivity contribution in [3.8, 4) is 0 Å². The number of carbonyl (C=O) groups is 3. The largest absolute Gasteiger partial charge is 0.468 e. The van der Waals surface area contributed by atoms with Crippen molar-refractivity contribution in [2.45, 2.75) is 25.3 Å². The van der Waals surface area contributed by atoms with Gasteiger partial charge in [-0.2, -0.15) is 0 Å². The van der Waals surface area contributed by atoms with Crippen LogP contribution < -0.4 is 0 Å². The third kappa shape index (κ3) is 2.86. The lowest BCUT2D eigenvalue weighted by Gasteiger charge is -2.23. The van der Waals surface area contributed by atoms with Crippen molar-refractivity contribution in [1.29, 1.82) is 0 Å². The molecule has 122 valence electrons. The first-order valence-electron chi connectivity index (χ1n) is 7.90. The molecule has 1 unspecified atom stereocenters. The standard InChI is InChI=1S/C17H20N2O4/c1-23-17(22)14-8-4-9-18(14)10-5-11-19-15(20)12-6-2-3-7-13(12)16(19)21/h2-3,6-7,14H,4-5,8-11H2,1H3. The minimum atomic E-state index is -0.225. The van der Waals surface area contributed by atoms with E-state index in [-0.39, 0.29) is 23.8 Å². The molecule has 0 spiro atoms. The first-order chi connectivity index (χ1) is 11.1. The number of benzene rings is 1. The molecule has 0 N–H and O–H groups in total. The molecule has 1 aromatic rings. The lowest BCUT2D eigenvalue weighted by atomic mass is 10.1. The molecule has 2 aliphatic heterocycles. The Morgan fingerprint density at radius 3 is 2.43 bits per heavy atom. The van der Waals surface area contributed by atoms with E-state index in [0.717, 1.165) is 19.4 Å². The second-order valence-electron chi connectivity index (χ2n) is 5.88. The third-order valence-electron chi connectivity index (χ3n) is 4.54. The summed E-state index contributed by atoms with van der Waals surface area (Å²) < 4.78 is 4.82. The monoisotopic (exact) mass is 316 g/mol. The molecule has 1 atom stereocenters. The van der Waals surface area contributed by atoms with Gasteiger partial charge in [-0.1, -0.05) is 12.1 Å². The number of ether oxygens (including phenoxy) is 1. The molecule has 0 saturated carbocycles. The fraction of sp³-hybridized carbons (Fsp3) is 0.471. The SMILES string of the molecule is COC(=O)C1CCCN1CCCN1C(=O)c2ccccc2C1=O. The van der Waals surface area contributed by atoms with Gasteiger partial charge in [-0.15, -0.1) is 0 Å². The molecule has 0 aromatic heterocycles. The Morgan fingerprint density at radius 2 is 1.83 bits per heavy atom. The summed E-state index contributed by atoms with van der Waals surface area (Å²) in [5.74, 6) is -0.656. The average molecular weight is 316 g/mol. The van der Waals surface area contributed by atoms with Crippen LogP contribution in [-0.4, -0.2) is 60.4 Å². The van der Waals surface area contributed by atoms with Crippen LogP contribution >= 0.6 is 0 Å². The van der Waals surface area contributed by atoms with Gasteiger partial charge in [0.2, 0.25) is 0 Å².